The Hall–Kier alpha value is -2.52. The van der Waals surface area contributed by atoms with E-state index in [2.05, 4.69) is 65.7 Å². The summed E-state index contributed by atoms with van der Waals surface area (Å²) in [5.41, 5.74) is -0.339. The van der Waals surface area contributed by atoms with E-state index in [1.807, 2.05) is 0 Å². The number of ether oxygens (including phenoxy) is 5. The molecule has 5 atom stereocenters. The first-order valence-electron chi connectivity index (χ1n) is 17.0. The Morgan fingerprint density at radius 2 is 1.61 bits per heavy atom. The van der Waals surface area contributed by atoms with Crippen molar-refractivity contribution < 1.29 is 51.0 Å². The van der Waals surface area contributed by atoms with Gasteiger partial charge in [0.2, 0.25) is 5.91 Å². The van der Waals surface area contributed by atoms with E-state index in [0.717, 1.165) is 0 Å². The number of esters is 2. The Balaban J connectivity index is 1.97. The van der Waals surface area contributed by atoms with Crippen LogP contribution >= 0.6 is 0 Å². The van der Waals surface area contributed by atoms with Gasteiger partial charge in [0.15, 0.2) is 6.23 Å². The van der Waals surface area contributed by atoms with Gasteiger partial charge in [0.25, 0.3) is 0 Å². The molecule has 3 rings (SSSR count). The number of aromatic nitrogens is 2. The highest BCUT2D eigenvalue weighted by molar-refractivity contribution is 6.84. The van der Waals surface area contributed by atoms with Crippen molar-refractivity contribution in [3.8, 4) is 0 Å². The lowest BCUT2D eigenvalue weighted by Gasteiger charge is -2.51. The molecule has 0 aromatic carbocycles. The number of carbonyl (C=O) groups is 3. The minimum absolute atomic E-state index is 0.0342. The fourth-order valence-electron chi connectivity index (χ4n) is 6.40. The molecule has 1 aromatic heterocycles. The van der Waals surface area contributed by atoms with Gasteiger partial charge in [0.1, 0.15) is 43.6 Å². The van der Waals surface area contributed by atoms with Crippen LogP contribution in [0.1, 0.15) is 88.8 Å². The van der Waals surface area contributed by atoms with Gasteiger partial charge in [-0.3, -0.25) is 19.0 Å². The second-order valence-corrected chi connectivity index (χ2v) is 22.6. The second-order valence-electron chi connectivity index (χ2n) is 13.8. The van der Waals surface area contributed by atoms with Crippen LogP contribution in [-0.2, 0) is 51.0 Å². The van der Waals surface area contributed by atoms with Crippen LogP contribution in [0.2, 0.25) is 22.2 Å². The molecule has 2 aliphatic rings. The van der Waals surface area contributed by atoms with E-state index >= 15 is 0 Å². The van der Waals surface area contributed by atoms with Gasteiger partial charge in [-0.2, -0.15) is 4.98 Å². The van der Waals surface area contributed by atoms with Gasteiger partial charge in [0, 0.05) is 33.4 Å². The molecule has 1 N–H and O–H groups in total. The van der Waals surface area contributed by atoms with E-state index in [9.17, 15) is 19.2 Å². The zero-order chi connectivity index (χ0) is 36.7. The highest BCUT2D eigenvalue weighted by Gasteiger charge is 2.62. The zero-order valence-electron chi connectivity index (χ0n) is 30.7. The predicted molar refractivity (Wildman–Crippen MR) is 183 cm³/mol. The van der Waals surface area contributed by atoms with Crippen molar-refractivity contribution in [3.63, 3.8) is 0 Å². The number of rotatable bonds is 15. The fraction of sp³-hybridized carbons (Fsp3) is 0.781. The highest BCUT2D eigenvalue weighted by Crippen LogP contribution is 2.48. The lowest BCUT2D eigenvalue weighted by atomic mass is 10.1. The number of nitrogens with zero attached hydrogens (tertiary/aromatic N) is 2. The van der Waals surface area contributed by atoms with Crippen molar-refractivity contribution in [2.24, 2.45) is 0 Å². The molecule has 0 spiro atoms. The van der Waals surface area contributed by atoms with Crippen molar-refractivity contribution in [1.82, 2.24) is 9.55 Å². The third-order valence-corrected chi connectivity index (χ3v) is 19.0. The molecule has 49 heavy (non-hydrogen) atoms. The third-order valence-electron chi connectivity index (χ3n) is 8.76. The van der Waals surface area contributed by atoms with Gasteiger partial charge in [-0.1, -0.05) is 55.4 Å². The molecule has 1 amide bonds. The standard InChI is InChI=1S/C32H55N3O12Si2/c1-19(2)48(20(3)4)43-17-27-29(46-49(47-48,21(5)6)22(7)8)30(31(45-27)35-14-12-28(33-23(9)36)34-32(35)39)42-18-40-15-13-26(44-25(11)38)16-41-24(10)37/h12,14,19-22,26-27,29-31H,13,15-18H2,1-11H3,(H,33,34,36,39)/t26?,27-,29?,30+,31-/m1/s1. The van der Waals surface area contributed by atoms with E-state index in [1.54, 1.807) is 0 Å². The molecule has 0 radical (unpaired) electrons. The number of fused-ring (bicyclic) bond motifs is 1. The first-order chi connectivity index (χ1) is 22.9. The first-order valence-corrected chi connectivity index (χ1v) is 20.9. The average molecular weight is 730 g/mol. The number of amides is 1. The van der Waals surface area contributed by atoms with Crippen LogP contribution < -0.4 is 11.0 Å². The van der Waals surface area contributed by atoms with E-state index in [1.165, 1.54) is 37.6 Å². The maximum atomic E-state index is 13.3. The van der Waals surface area contributed by atoms with Crippen molar-refractivity contribution in [1.29, 1.82) is 0 Å². The quantitative estimate of drug-likeness (QED) is 0.117. The maximum absolute atomic E-state index is 13.3. The van der Waals surface area contributed by atoms with E-state index in [0.29, 0.717) is 0 Å². The Kier molecular flexibility index (Phi) is 14.7. The molecule has 1 aromatic rings. The zero-order valence-corrected chi connectivity index (χ0v) is 32.7. The van der Waals surface area contributed by atoms with Gasteiger partial charge in [0.05, 0.1) is 13.2 Å². The summed E-state index contributed by atoms with van der Waals surface area (Å²) in [6, 6.07) is 1.51. The summed E-state index contributed by atoms with van der Waals surface area (Å²) < 4.78 is 51.7. The van der Waals surface area contributed by atoms with Gasteiger partial charge < -0.3 is 42.0 Å². The molecule has 2 saturated heterocycles. The molecule has 0 saturated carbocycles. The number of carbonyl (C=O) groups excluding carboxylic acids is 3. The van der Waals surface area contributed by atoms with Crippen LogP contribution in [0.15, 0.2) is 17.1 Å². The van der Waals surface area contributed by atoms with Gasteiger partial charge in [-0.25, -0.2) is 4.79 Å². The van der Waals surface area contributed by atoms with Crippen LogP contribution in [0, 0.1) is 0 Å². The highest BCUT2D eigenvalue weighted by atomic mass is 28.5. The SMILES string of the molecule is CC(=O)Nc1ccn([C@@H]2O[C@@H]3CO[Si](C(C)C)(C(C)C)O[Si](C(C)C)(C(C)C)OC3[C@@H]2OCOCCC(COC(C)=O)OC(C)=O)c(=O)n1. The number of hydrogen-bond donors (Lipinski definition) is 1. The van der Waals surface area contributed by atoms with Crippen molar-refractivity contribution in [3.05, 3.63) is 22.7 Å². The van der Waals surface area contributed by atoms with E-state index in [-0.39, 0.29) is 66.9 Å². The second kappa shape index (κ2) is 17.6. The van der Waals surface area contributed by atoms with Crippen LogP contribution in [-0.4, -0.2) is 95.5 Å². The Morgan fingerprint density at radius 3 is 2.14 bits per heavy atom. The summed E-state index contributed by atoms with van der Waals surface area (Å²) in [5, 5.41) is 2.53. The summed E-state index contributed by atoms with van der Waals surface area (Å²) in [6.45, 7) is 20.8. The van der Waals surface area contributed by atoms with Gasteiger partial charge >= 0.3 is 34.8 Å². The molecule has 0 aliphatic carbocycles. The summed E-state index contributed by atoms with van der Waals surface area (Å²) in [6.07, 6.45) is -2.11. The Morgan fingerprint density at radius 1 is 0.980 bits per heavy atom. The molecule has 17 heteroatoms. The summed E-state index contributed by atoms with van der Waals surface area (Å²) in [5.74, 6) is -1.25. The molecule has 278 valence electrons. The van der Waals surface area contributed by atoms with Crippen LogP contribution in [0.3, 0.4) is 0 Å². The average Bonchev–Trinajstić information content (AvgIpc) is 3.30. The molecule has 15 nitrogen and oxygen atoms in total. The van der Waals surface area contributed by atoms with E-state index < -0.39 is 65.4 Å². The van der Waals surface area contributed by atoms with E-state index in [4.69, 9.17) is 36.7 Å². The van der Waals surface area contributed by atoms with Crippen molar-refractivity contribution in [2.75, 3.05) is 31.9 Å². The smallest absolute Gasteiger partial charge is 0.351 e. The van der Waals surface area contributed by atoms with Crippen molar-refractivity contribution >= 4 is 40.8 Å². The first kappa shape index (κ1) is 40.9. The summed E-state index contributed by atoms with van der Waals surface area (Å²) >= 11 is 0. The van der Waals surface area contributed by atoms with Crippen LogP contribution in [0.4, 0.5) is 5.82 Å². The Bertz CT molecular complexity index is 1320. The fourth-order valence-corrected chi connectivity index (χ4v) is 17.6. The van der Waals surface area contributed by atoms with Gasteiger partial charge in [-0.15, -0.1) is 0 Å². The molecular formula is C32H55N3O12Si2. The van der Waals surface area contributed by atoms with Crippen LogP contribution in [0.25, 0.3) is 0 Å². The largest absolute Gasteiger partial charge is 0.462 e. The van der Waals surface area contributed by atoms with Crippen molar-refractivity contribution in [2.45, 2.75) is 135 Å². The van der Waals surface area contributed by atoms with Crippen LogP contribution in [0.5, 0.6) is 0 Å². The summed E-state index contributed by atoms with van der Waals surface area (Å²) in [4.78, 5) is 51.8. The Labute approximate surface area is 291 Å². The maximum Gasteiger partial charge on any atom is 0.351 e. The number of anilines is 1. The predicted octanol–water partition coefficient (Wildman–Crippen LogP) is 4.30. The number of nitrogens with one attached hydrogen (secondary N) is 1. The lowest BCUT2D eigenvalue weighted by molar-refractivity contribution is -0.160. The third kappa shape index (κ3) is 10.1. The summed E-state index contributed by atoms with van der Waals surface area (Å²) in [7, 11) is -5.96. The minimum atomic E-state index is -3.09. The molecule has 3 heterocycles. The monoisotopic (exact) mass is 729 g/mol. The molecule has 2 aliphatic heterocycles. The topological polar surface area (TPSA) is 172 Å². The minimum Gasteiger partial charge on any atom is -0.462 e. The molecule has 2 fully saturated rings. The number of hydrogen-bond acceptors (Lipinski definition) is 13. The molecule has 2 unspecified atom stereocenters. The molecular weight excluding hydrogens is 675 g/mol. The molecule has 0 bridgehead atoms. The normalized spacial score (nSPS) is 24.0. The lowest BCUT2D eigenvalue weighted by Crippen LogP contribution is -2.66. The van der Waals surface area contributed by atoms with Gasteiger partial charge in [-0.05, 0) is 28.2 Å².